The average Bonchev–Trinajstić information content (AvgIpc) is 2.75. The third kappa shape index (κ3) is 3.84. The molecule has 0 aliphatic rings. The fourth-order valence-corrected chi connectivity index (χ4v) is 7.32. The predicted octanol–water partition coefficient (Wildman–Crippen LogP) is 3.91. The summed E-state index contributed by atoms with van der Waals surface area (Å²) >= 11 is 0. The van der Waals surface area contributed by atoms with E-state index in [1.165, 1.54) is 36.4 Å². The average molecular weight is 533 g/mol. The summed E-state index contributed by atoms with van der Waals surface area (Å²) in [6.07, 6.45) is -0.252. The minimum atomic E-state index is -5.04. The zero-order valence-electron chi connectivity index (χ0n) is 17.6. The SMILES string of the molecule is O=S(=O)(O)c1ccc2ccc3c(S(=O)(=O)O)c(Cc4ccccc4)c(S(=O)(=O)O)c4ccc1c2c34. The lowest BCUT2D eigenvalue weighted by atomic mass is 9.91. The van der Waals surface area contributed by atoms with Crippen LogP contribution in [0.15, 0.2) is 81.4 Å². The smallest absolute Gasteiger partial charge is 0.282 e. The summed E-state index contributed by atoms with van der Waals surface area (Å²) in [4.78, 5) is -1.89. The summed E-state index contributed by atoms with van der Waals surface area (Å²) in [5, 5.41) is 0.460. The molecule has 0 atom stereocenters. The molecule has 35 heavy (non-hydrogen) atoms. The molecule has 0 heterocycles. The number of hydrogen-bond donors (Lipinski definition) is 3. The molecule has 0 aromatic heterocycles. The zero-order valence-corrected chi connectivity index (χ0v) is 20.0. The van der Waals surface area contributed by atoms with Gasteiger partial charge in [-0.2, -0.15) is 25.3 Å². The molecule has 9 nitrogen and oxygen atoms in total. The van der Waals surface area contributed by atoms with Crippen molar-refractivity contribution < 1.29 is 38.9 Å². The van der Waals surface area contributed by atoms with Crippen LogP contribution in [-0.4, -0.2) is 38.9 Å². The normalized spacial score (nSPS) is 13.2. The van der Waals surface area contributed by atoms with E-state index in [1.807, 2.05) is 0 Å². The van der Waals surface area contributed by atoms with Gasteiger partial charge in [0.1, 0.15) is 14.7 Å². The molecule has 0 spiro atoms. The molecule has 0 radical (unpaired) electrons. The fourth-order valence-electron chi connectivity index (χ4n) is 4.70. The van der Waals surface area contributed by atoms with Crippen molar-refractivity contribution in [1.29, 1.82) is 0 Å². The van der Waals surface area contributed by atoms with Crippen molar-refractivity contribution in [1.82, 2.24) is 0 Å². The number of hydrogen-bond acceptors (Lipinski definition) is 6. The quantitative estimate of drug-likeness (QED) is 0.225. The van der Waals surface area contributed by atoms with Crippen molar-refractivity contribution >= 4 is 62.7 Å². The van der Waals surface area contributed by atoms with Crippen LogP contribution in [0.4, 0.5) is 0 Å². The van der Waals surface area contributed by atoms with Crippen LogP contribution < -0.4 is 0 Å². The second-order valence-corrected chi connectivity index (χ2v) is 12.1. The maximum Gasteiger partial charge on any atom is 0.295 e. The van der Waals surface area contributed by atoms with Gasteiger partial charge in [0.25, 0.3) is 30.4 Å². The summed E-state index contributed by atoms with van der Waals surface area (Å²) in [6.45, 7) is 0. The van der Waals surface area contributed by atoms with Gasteiger partial charge in [-0.25, -0.2) is 0 Å². The van der Waals surface area contributed by atoms with Gasteiger partial charge in [-0.3, -0.25) is 13.7 Å². The van der Waals surface area contributed by atoms with Gasteiger partial charge in [0.2, 0.25) is 0 Å². The molecule has 5 aromatic rings. The maximum atomic E-state index is 12.6. The zero-order chi connectivity index (χ0) is 25.3. The van der Waals surface area contributed by atoms with Gasteiger partial charge in [-0.15, -0.1) is 0 Å². The Morgan fingerprint density at radius 2 is 1.06 bits per heavy atom. The Bertz CT molecular complexity index is 1920. The van der Waals surface area contributed by atoms with Crippen LogP contribution >= 0.6 is 0 Å². The van der Waals surface area contributed by atoms with E-state index in [2.05, 4.69) is 0 Å². The summed E-state index contributed by atoms with van der Waals surface area (Å²) in [6, 6.07) is 16.2. The fraction of sp³-hybridized carbons (Fsp3) is 0.0435. The highest BCUT2D eigenvalue weighted by Crippen LogP contribution is 2.44. The van der Waals surface area contributed by atoms with Gasteiger partial charge in [0, 0.05) is 28.0 Å². The van der Waals surface area contributed by atoms with Crippen molar-refractivity contribution in [3.05, 3.63) is 77.9 Å². The van der Waals surface area contributed by atoms with Crippen molar-refractivity contribution in [2.45, 2.75) is 21.1 Å². The summed E-state index contributed by atoms with van der Waals surface area (Å²) < 4.78 is 105. The molecular weight excluding hydrogens is 516 g/mol. The van der Waals surface area contributed by atoms with Crippen LogP contribution in [0.1, 0.15) is 11.1 Å². The molecule has 0 bridgehead atoms. The molecule has 3 N–H and O–H groups in total. The van der Waals surface area contributed by atoms with E-state index >= 15 is 0 Å². The predicted molar refractivity (Wildman–Crippen MR) is 129 cm³/mol. The third-order valence-electron chi connectivity index (χ3n) is 5.93. The maximum absolute atomic E-state index is 12.6. The molecule has 0 aliphatic carbocycles. The van der Waals surface area contributed by atoms with Crippen LogP contribution in [0.2, 0.25) is 0 Å². The monoisotopic (exact) mass is 532 g/mol. The summed E-state index contributed by atoms with van der Waals surface area (Å²) in [7, 11) is -14.8. The first-order valence-electron chi connectivity index (χ1n) is 10.0. The molecule has 0 amide bonds. The van der Waals surface area contributed by atoms with Crippen molar-refractivity contribution in [3.63, 3.8) is 0 Å². The Morgan fingerprint density at radius 3 is 1.60 bits per heavy atom. The lowest BCUT2D eigenvalue weighted by molar-refractivity contribution is 0.478. The standard InChI is InChI=1S/C23H16O9S3/c24-33(25,26)19-11-7-14-6-8-16-21-17(10-9-15(19)20(14)21)23(35(30,31)32)18(22(16)34(27,28)29)12-13-4-2-1-3-5-13/h1-11H,12H2,(H,24,25,26)(H,27,28,29)(H,30,31,32). The molecule has 180 valence electrons. The van der Waals surface area contributed by atoms with Crippen LogP contribution in [0.25, 0.3) is 32.3 Å². The lowest BCUT2D eigenvalue weighted by Gasteiger charge is -2.20. The topological polar surface area (TPSA) is 163 Å². The van der Waals surface area contributed by atoms with Gasteiger partial charge in [0.05, 0.1) is 0 Å². The molecular formula is C23H16O9S3. The largest absolute Gasteiger partial charge is 0.295 e. The molecule has 0 saturated carbocycles. The van der Waals surface area contributed by atoms with Gasteiger partial charge in [-0.1, -0.05) is 60.7 Å². The van der Waals surface area contributed by atoms with Crippen LogP contribution in [-0.2, 0) is 36.8 Å². The molecule has 5 aromatic carbocycles. The third-order valence-corrected chi connectivity index (χ3v) is 8.80. The van der Waals surface area contributed by atoms with Crippen molar-refractivity contribution in [2.75, 3.05) is 0 Å². The molecule has 12 heteroatoms. The lowest BCUT2D eigenvalue weighted by Crippen LogP contribution is -2.13. The highest BCUT2D eigenvalue weighted by atomic mass is 32.2. The molecule has 0 fully saturated rings. The van der Waals surface area contributed by atoms with Gasteiger partial charge in [-0.05, 0) is 28.0 Å². The first-order valence-corrected chi connectivity index (χ1v) is 14.3. The van der Waals surface area contributed by atoms with E-state index < -0.39 is 45.0 Å². The van der Waals surface area contributed by atoms with E-state index in [-0.39, 0.29) is 38.9 Å². The molecule has 5 rings (SSSR count). The minimum absolute atomic E-state index is 0.00237. The minimum Gasteiger partial charge on any atom is -0.282 e. The van der Waals surface area contributed by atoms with E-state index in [0.717, 1.165) is 0 Å². The Balaban J connectivity index is 2.10. The molecule has 0 saturated heterocycles. The summed E-state index contributed by atoms with van der Waals surface area (Å²) in [5.41, 5.74) is 0.186. The molecule has 0 aliphatic heterocycles. The van der Waals surface area contributed by atoms with Crippen LogP contribution in [0, 0.1) is 0 Å². The second kappa shape index (κ2) is 7.68. The van der Waals surface area contributed by atoms with Gasteiger partial charge >= 0.3 is 0 Å². The second-order valence-electron chi connectivity index (χ2n) is 8.03. The van der Waals surface area contributed by atoms with Crippen molar-refractivity contribution in [2.24, 2.45) is 0 Å². The Morgan fingerprint density at radius 1 is 0.543 bits per heavy atom. The van der Waals surface area contributed by atoms with Gasteiger partial charge < -0.3 is 0 Å². The Kier molecular flexibility index (Phi) is 5.18. The molecule has 0 unspecified atom stereocenters. The van der Waals surface area contributed by atoms with E-state index in [0.29, 0.717) is 10.9 Å². The van der Waals surface area contributed by atoms with Gasteiger partial charge in [0.15, 0.2) is 0 Å². The van der Waals surface area contributed by atoms with E-state index in [9.17, 15) is 38.9 Å². The number of rotatable bonds is 5. The Labute approximate surface area is 200 Å². The van der Waals surface area contributed by atoms with Crippen LogP contribution in [0.5, 0.6) is 0 Å². The first kappa shape index (κ1) is 23.6. The van der Waals surface area contributed by atoms with E-state index in [4.69, 9.17) is 0 Å². The van der Waals surface area contributed by atoms with Crippen molar-refractivity contribution in [3.8, 4) is 0 Å². The Hall–Kier alpha value is -3.13. The highest BCUT2D eigenvalue weighted by molar-refractivity contribution is 7.87. The summed E-state index contributed by atoms with van der Waals surface area (Å²) in [5.74, 6) is 0. The van der Waals surface area contributed by atoms with E-state index in [1.54, 1.807) is 30.3 Å². The number of benzene rings is 5. The van der Waals surface area contributed by atoms with Crippen LogP contribution in [0.3, 0.4) is 0 Å². The highest BCUT2D eigenvalue weighted by Gasteiger charge is 2.32. The first-order chi connectivity index (χ1) is 16.3.